The molecule has 1 aromatic carbocycles. The molecule has 3 heterocycles. The first-order valence-electron chi connectivity index (χ1n) is 13.0. The molecule has 184 valence electrons. The molecule has 0 radical (unpaired) electrons. The van der Waals surface area contributed by atoms with Crippen molar-refractivity contribution in [1.82, 2.24) is 0 Å². The third kappa shape index (κ3) is 7.28. The van der Waals surface area contributed by atoms with Crippen LogP contribution in [-0.2, 0) is 0 Å². The molecule has 1 aromatic rings. The summed E-state index contributed by atoms with van der Waals surface area (Å²) in [5, 5.41) is 41.7. The zero-order valence-electron chi connectivity index (χ0n) is 20.3. The monoisotopic (exact) mass is 523 g/mol. The third-order valence-electron chi connectivity index (χ3n) is 7.75. The topological polar surface area (TPSA) is 103 Å². The summed E-state index contributed by atoms with van der Waals surface area (Å²) in [7, 11) is 0. The predicted octanol–water partition coefficient (Wildman–Crippen LogP) is 5.41. The zero-order valence-corrected chi connectivity index (χ0v) is 22.7. The summed E-state index contributed by atoms with van der Waals surface area (Å²) in [6.07, 6.45) is 15.8. The number of hydrogen-bond donors (Lipinski definition) is 3. The number of nitrogens with zero attached hydrogens (tertiary/aromatic N) is 3. The van der Waals surface area contributed by atoms with Gasteiger partial charge in [0.05, 0.1) is 0 Å². The molecule has 7 heteroatoms. The molecule has 3 aliphatic heterocycles. The van der Waals surface area contributed by atoms with Crippen molar-refractivity contribution in [2.24, 2.45) is 11.8 Å². The molecule has 6 unspecified atom stereocenters. The van der Waals surface area contributed by atoms with E-state index in [9.17, 15) is 15.3 Å². The number of rotatable bonds is 0. The van der Waals surface area contributed by atoms with Crippen molar-refractivity contribution in [3.05, 3.63) is 45.8 Å². The van der Waals surface area contributed by atoms with Crippen LogP contribution in [0.2, 0.25) is 0 Å². The third-order valence-corrected chi connectivity index (χ3v) is 7.75. The van der Waals surface area contributed by atoms with Crippen LogP contribution in [0.4, 0.5) is 5.69 Å². The van der Waals surface area contributed by atoms with Crippen LogP contribution in [0.25, 0.3) is 22.0 Å². The summed E-state index contributed by atoms with van der Waals surface area (Å²) in [6, 6.07) is 6.02. The maximum Gasteiger partial charge on any atom is 3.00 e. The number of para-hydroxylation sites is 1. The van der Waals surface area contributed by atoms with Gasteiger partial charge in [0.2, 0.25) is 0 Å². The van der Waals surface area contributed by atoms with E-state index >= 15 is 0 Å². The molecule has 6 nitrogen and oxygen atoms in total. The molecule has 2 aliphatic carbocycles. The SMILES string of the molecule is OC1CCCC2CCC[N-]C12.OC1CCCC2CCC[N-]C12.Oc1cccc2c1[N-]CC=C2.[Ga+3]. The van der Waals surface area contributed by atoms with Gasteiger partial charge >= 0.3 is 19.8 Å². The van der Waals surface area contributed by atoms with E-state index in [0.29, 0.717) is 30.5 Å². The van der Waals surface area contributed by atoms with Crippen molar-refractivity contribution >= 4 is 31.6 Å². The molecule has 2 saturated heterocycles. The molecule has 34 heavy (non-hydrogen) atoms. The van der Waals surface area contributed by atoms with E-state index < -0.39 is 0 Å². The fourth-order valence-corrected chi connectivity index (χ4v) is 6.03. The standard InChI is InChI=1S/2C9H16NO.C9H8NO.Ga/c3*11-8-5-1-3-7-4-2-6-10-9(7)8;/h2*7-9,11H,1-6H2;1-5,11H,6H2;/q3*-1;+3. The fourth-order valence-electron chi connectivity index (χ4n) is 6.03. The second kappa shape index (κ2) is 13.9. The van der Waals surface area contributed by atoms with Crippen molar-refractivity contribution < 1.29 is 15.3 Å². The Balaban J connectivity index is 0.000000141. The van der Waals surface area contributed by atoms with Crippen LogP contribution in [0.3, 0.4) is 0 Å². The van der Waals surface area contributed by atoms with E-state index in [0.717, 1.165) is 37.2 Å². The number of piperidine rings is 2. The van der Waals surface area contributed by atoms with Gasteiger partial charge in [-0.25, -0.2) is 0 Å². The van der Waals surface area contributed by atoms with Gasteiger partial charge in [0, 0.05) is 12.2 Å². The Kier molecular flexibility index (Phi) is 11.3. The van der Waals surface area contributed by atoms with Crippen LogP contribution in [-0.4, -0.2) is 79.0 Å². The fraction of sp³-hybridized carbons (Fsp3) is 0.704. The van der Waals surface area contributed by atoms with Crippen LogP contribution >= 0.6 is 0 Å². The first-order valence-corrected chi connectivity index (χ1v) is 13.0. The summed E-state index contributed by atoms with van der Waals surface area (Å²) in [5.74, 6) is 1.70. The van der Waals surface area contributed by atoms with E-state index in [1.54, 1.807) is 6.07 Å². The van der Waals surface area contributed by atoms with E-state index in [1.165, 1.54) is 51.4 Å². The molecule has 4 fully saturated rings. The Morgan fingerprint density at radius 1 is 0.735 bits per heavy atom. The molecular weight excluding hydrogens is 484 g/mol. The summed E-state index contributed by atoms with van der Waals surface area (Å²) in [5.41, 5.74) is 1.71. The molecule has 6 rings (SSSR count). The minimum Gasteiger partial charge on any atom is -0.678 e. The maximum absolute atomic E-state index is 9.61. The van der Waals surface area contributed by atoms with Crippen molar-refractivity contribution in [2.45, 2.75) is 88.5 Å². The molecule has 0 bridgehead atoms. The maximum atomic E-state index is 9.61. The summed E-state index contributed by atoms with van der Waals surface area (Å²) in [6.45, 7) is 2.64. The van der Waals surface area contributed by atoms with E-state index in [1.807, 2.05) is 24.3 Å². The Hall–Kier alpha value is -0.964. The van der Waals surface area contributed by atoms with Crippen LogP contribution in [0, 0.1) is 11.8 Å². The number of benzene rings is 1. The molecule has 6 atom stereocenters. The molecule has 0 amide bonds. The second-order valence-electron chi connectivity index (χ2n) is 10.1. The summed E-state index contributed by atoms with van der Waals surface area (Å²) in [4.78, 5) is 0. The van der Waals surface area contributed by atoms with Crippen molar-refractivity contribution in [1.29, 1.82) is 0 Å². The number of aliphatic hydroxyl groups excluding tert-OH is 2. The number of phenolic OH excluding ortho intramolecular Hbond substituents is 1. The van der Waals surface area contributed by atoms with Crippen LogP contribution in [0.5, 0.6) is 5.75 Å². The van der Waals surface area contributed by atoms with Gasteiger partial charge in [0.15, 0.2) is 0 Å². The largest absolute Gasteiger partial charge is 3.00 e. The Morgan fingerprint density at radius 2 is 1.29 bits per heavy atom. The Bertz CT molecular complexity index is 741. The molecule has 3 N–H and O–H groups in total. The van der Waals surface area contributed by atoms with Crippen LogP contribution < -0.4 is 0 Å². The van der Waals surface area contributed by atoms with Crippen LogP contribution in [0.15, 0.2) is 24.3 Å². The Labute approximate surface area is 218 Å². The first-order chi connectivity index (χ1) is 16.1. The van der Waals surface area contributed by atoms with Crippen LogP contribution in [0.1, 0.15) is 69.8 Å². The quantitative estimate of drug-likeness (QED) is 0.396. The Morgan fingerprint density at radius 3 is 1.82 bits per heavy atom. The first kappa shape index (κ1) is 27.6. The zero-order chi connectivity index (χ0) is 23.0. The molecule has 0 aromatic heterocycles. The number of aromatic hydroxyl groups is 1. The number of fused-ring (bicyclic) bond motifs is 3. The smallest absolute Gasteiger partial charge is 0.678 e. The molecule has 0 spiro atoms. The van der Waals surface area contributed by atoms with E-state index in [2.05, 4.69) is 16.0 Å². The van der Waals surface area contributed by atoms with Crippen molar-refractivity contribution in [3.8, 4) is 5.75 Å². The second-order valence-corrected chi connectivity index (χ2v) is 10.1. The minimum absolute atomic E-state index is 0. The van der Waals surface area contributed by atoms with Gasteiger partial charge in [0.1, 0.15) is 5.75 Å². The molecular formula is C27H40GaN3O3. The van der Waals surface area contributed by atoms with Gasteiger partial charge in [-0.3, -0.25) is 0 Å². The van der Waals surface area contributed by atoms with Crippen molar-refractivity contribution in [3.63, 3.8) is 0 Å². The van der Waals surface area contributed by atoms with Crippen molar-refractivity contribution in [2.75, 3.05) is 19.6 Å². The van der Waals surface area contributed by atoms with Gasteiger partial charge in [-0.2, -0.15) is 0 Å². The van der Waals surface area contributed by atoms with E-state index in [-0.39, 0.29) is 37.7 Å². The normalized spacial score (nSPS) is 33.6. The van der Waals surface area contributed by atoms with Gasteiger partial charge in [-0.1, -0.05) is 87.1 Å². The molecule has 5 aliphatic rings. The van der Waals surface area contributed by atoms with Gasteiger partial charge in [-0.05, 0) is 24.5 Å². The average Bonchev–Trinajstić information content (AvgIpc) is 2.86. The van der Waals surface area contributed by atoms with Gasteiger partial charge in [0.25, 0.3) is 0 Å². The number of phenols is 1. The summed E-state index contributed by atoms with van der Waals surface area (Å²) < 4.78 is 0. The van der Waals surface area contributed by atoms with Gasteiger partial charge in [-0.15, -0.1) is 37.8 Å². The number of hydrogen-bond acceptors (Lipinski definition) is 3. The van der Waals surface area contributed by atoms with Gasteiger partial charge < -0.3 is 31.3 Å². The van der Waals surface area contributed by atoms with E-state index in [4.69, 9.17) is 0 Å². The predicted molar refractivity (Wildman–Crippen MR) is 140 cm³/mol. The molecule has 2 saturated carbocycles. The minimum atomic E-state index is -0.117. The summed E-state index contributed by atoms with van der Waals surface area (Å²) >= 11 is 0. The average molecular weight is 524 g/mol. The number of aliphatic hydroxyl groups is 2.